The summed E-state index contributed by atoms with van der Waals surface area (Å²) >= 11 is 0. The minimum absolute atomic E-state index is 0.159. The number of ether oxygens (including phenoxy) is 2. The van der Waals surface area contributed by atoms with Gasteiger partial charge in [-0.3, -0.25) is 4.79 Å². The third-order valence-corrected chi connectivity index (χ3v) is 4.22. The first-order chi connectivity index (χ1) is 12.5. The average molecular weight is 357 g/mol. The van der Waals surface area contributed by atoms with Gasteiger partial charge in [0, 0.05) is 18.1 Å². The molecule has 26 heavy (non-hydrogen) atoms. The Bertz CT molecular complexity index is 935. The molecule has 6 heteroatoms. The molecule has 0 fully saturated rings. The summed E-state index contributed by atoms with van der Waals surface area (Å²) < 4.78 is 29.8. The first-order valence-electron chi connectivity index (χ1n) is 8.18. The average Bonchev–Trinajstić information content (AvgIpc) is 3.01. The Morgan fingerprint density at radius 2 is 2.00 bits per heavy atom. The normalized spacial score (nSPS) is 12.2. The molecule has 136 valence electrons. The summed E-state index contributed by atoms with van der Waals surface area (Å²) in [7, 11) is 2.97. The Kier molecular flexibility index (Phi) is 5.23. The van der Waals surface area contributed by atoms with Gasteiger partial charge in [-0.2, -0.15) is 0 Å². The second-order valence-electron chi connectivity index (χ2n) is 5.93. The van der Waals surface area contributed by atoms with E-state index in [4.69, 9.17) is 13.9 Å². The fourth-order valence-corrected chi connectivity index (χ4v) is 2.87. The molecular weight excluding hydrogens is 337 g/mol. The number of amides is 1. The lowest BCUT2D eigenvalue weighted by molar-refractivity contribution is 0.0907. The largest absolute Gasteiger partial charge is 0.494 e. The van der Waals surface area contributed by atoms with Crippen LogP contribution in [0.2, 0.25) is 0 Å². The van der Waals surface area contributed by atoms with E-state index >= 15 is 0 Å². The van der Waals surface area contributed by atoms with Gasteiger partial charge in [-0.05, 0) is 30.7 Å². The molecule has 1 N–H and O–H groups in total. The van der Waals surface area contributed by atoms with Crippen LogP contribution in [0.4, 0.5) is 4.39 Å². The van der Waals surface area contributed by atoms with Gasteiger partial charge >= 0.3 is 0 Å². The first kappa shape index (κ1) is 17.9. The van der Waals surface area contributed by atoms with Crippen molar-refractivity contribution in [3.63, 3.8) is 0 Å². The summed E-state index contributed by atoms with van der Waals surface area (Å²) in [6.45, 7) is 2.03. The number of furan rings is 1. The Hall–Kier alpha value is -2.86. The van der Waals surface area contributed by atoms with Crippen molar-refractivity contribution < 1.29 is 23.1 Å². The van der Waals surface area contributed by atoms with Crippen molar-refractivity contribution in [2.45, 2.75) is 19.6 Å². The smallest absolute Gasteiger partial charge is 0.287 e. The predicted molar refractivity (Wildman–Crippen MR) is 95.8 cm³/mol. The summed E-state index contributed by atoms with van der Waals surface area (Å²) in [5.74, 6) is -0.493. The van der Waals surface area contributed by atoms with Crippen LogP contribution in [-0.4, -0.2) is 20.1 Å². The van der Waals surface area contributed by atoms with Gasteiger partial charge in [-0.15, -0.1) is 0 Å². The molecule has 3 rings (SSSR count). The van der Waals surface area contributed by atoms with Crippen LogP contribution in [-0.2, 0) is 11.3 Å². The van der Waals surface area contributed by atoms with Gasteiger partial charge in [-0.25, -0.2) is 4.39 Å². The zero-order valence-corrected chi connectivity index (χ0v) is 14.8. The molecule has 1 aromatic heterocycles. The van der Waals surface area contributed by atoms with Gasteiger partial charge in [0.2, 0.25) is 0 Å². The SMILES string of the molecule is COCc1c(C(=O)N[C@H](C)c2ccc(OC)c(F)c2)oc2ccccc12. The fourth-order valence-electron chi connectivity index (χ4n) is 2.87. The standard InChI is InChI=1S/C20H20FNO4/c1-12(13-8-9-18(25-3)16(21)10-13)22-20(23)19-15(11-24-2)14-6-4-5-7-17(14)26-19/h4-10,12H,11H2,1-3H3,(H,22,23)/t12-/m1/s1. The lowest BCUT2D eigenvalue weighted by Gasteiger charge is -2.15. The minimum atomic E-state index is -0.477. The minimum Gasteiger partial charge on any atom is -0.494 e. The Balaban J connectivity index is 1.86. The maximum atomic E-state index is 13.9. The van der Waals surface area contributed by atoms with Crippen molar-refractivity contribution in [2.24, 2.45) is 0 Å². The second kappa shape index (κ2) is 7.58. The molecule has 3 aromatic rings. The zero-order chi connectivity index (χ0) is 18.7. The summed E-state index contributed by atoms with van der Waals surface area (Å²) in [5.41, 5.74) is 1.93. The van der Waals surface area contributed by atoms with E-state index < -0.39 is 11.9 Å². The van der Waals surface area contributed by atoms with Crippen molar-refractivity contribution >= 4 is 16.9 Å². The topological polar surface area (TPSA) is 60.7 Å². The molecule has 2 aromatic carbocycles. The van der Waals surface area contributed by atoms with E-state index in [1.165, 1.54) is 19.2 Å². The summed E-state index contributed by atoms with van der Waals surface area (Å²) in [6, 6.07) is 11.6. The zero-order valence-electron chi connectivity index (χ0n) is 14.8. The van der Waals surface area contributed by atoms with E-state index in [0.717, 1.165) is 5.39 Å². The van der Waals surface area contributed by atoms with Crippen LogP contribution >= 0.6 is 0 Å². The van der Waals surface area contributed by atoms with Crippen molar-refractivity contribution in [2.75, 3.05) is 14.2 Å². The fraction of sp³-hybridized carbons (Fsp3) is 0.250. The number of fused-ring (bicyclic) bond motifs is 1. The lowest BCUT2D eigenvalue weighted by atomic mass is 10.1. The molecule has 0 radical (unpaired) electrons. The molecule has 5 nitrogen and oxygen atoms in total. The van der Waals surface area contributed by atoms with Crippen molar-refractivity contribution in [3.05, 3.63) is 65.2 Å². The molecule has 0 bridgehead atoms. The van der Waals surface area contributed by atoms with E-state index in [1.54, 1.807) is 26.2 Å². The number of hydrogen-bond acceptors (Lipinski definition) is 4. The number of benzene rings is 2. The van der Waals surface area contributed by atoms with Crippen LogP contribution in [0.25, 0.3) is 11.0 Å². The highest BCUT2D eigenvalue weighted by Crippen LogP contribution is 2.27. The monoisotopic (exact) mass is 357 g/mol. The van der Waals surface area contributed by atoms with E-state index in [0.29, 0.717) is 16.7 Å². The van der Waals surface area contributed by atoms with Crippen molar-refractivity contribution in [1.29, 1.82) is 0 Å². The van der Waals surface area contributed by atoms with Crippen molar-refractivity contribution in [1.82, 2.24) is 5.32 Å². The van der Waals surface area contributed by atoms with E-state index in [2.05, 4.69) is 5.32 Å². The lowest BCUT2D eigenvalue weighted by Crippen LogP contribution is -2.27. The molecule has 0 aliphatic heterocycles. The number of carbonyl (C=O) groups is 1. The maximum Gasteiger partial charge on any atom is 0.287 e. The molecular formula is C20H20FNO4. The molecule has 1 amide bonds. The van der Waals surface area contributed by atoms with E-state index in [9.17, 15) is 9.18 Å². The molecule has 1 heterocycles. The van der Waals surface area contributed by atoms with Gasteiger partial charge in [0.25, 0.3) is 5.91 Å². The van der Waals surface area contributed by atoms with Gasteiger partial charge in [0.15, 0.2) is 17.3 Å². The number of nitrogens with one attached hydrogen (secondary N) is 1. The van der Waals surface area contributed by atoms with Gasteiger partial charge in [0.05, 0.1) is 19.8 Å². The summed E-state index contributed by atoms with van der Waals surface area (Å²) in [4.78, 5) is 12.7. The number of para-hydroxylation sites is 1. The van der Waals surface area contributed by atoms with Crippen LogP contribution in [0.15, 0.2) is 46.9 Å². The second-order valence-corrected chi connectivity index (χ2v) is 5.93. The number of carbonyl (C=O) groups excluding carboxylic acids is 1. The van der Waals surface area contributed by atoms with Crippen LogP contribution < -0.4 is 10.1 Å². The predicted octanol–water partition coefficient (Wildman–Crippen LogP) is 4.22. The van der Waals surface area contributed by atoms with Crippen LogP contribution in [0.1, 0.15) is 34.6 Å². The van der Waals surface area contributed by atoms with Gasteiger partial charge in [0.1, 0.15) is 5.58 Å². The summed E-state index contributed by atoms with van der Waals surface area (Å²) in [5, 5.41) is 3.68. The quantitative estimate of drug-likeness (QED) is 0.718. The van der Waals surface area contributed by atoms with Gasteiger partial charge < -0.3 is 19.2 Å². The van der Waals surface area contributed by atoms with Crippen molar-refractivity contribution in [3.8, 4) is 5.75 Å². The Morgan fingerprint density at radius 3 is 2.69 bits per heavy atom. The number of rotatable bonds is 6. The first-order valence-corrected chi connectivity index (χ1v) is 8.18. The molecule has 1 atom stereocenters. The molecule has 0 saturated heterocycles. The highest BCUT2D eigenvalue weighted by atomic mass is 19.1. The van der Waals surface area contributed by atoms with Crippen LogP contribution in [0.5, 0.6) is 5.75 Å². The number of hydrogen-bond donors (Lipinski definition) is 1. The molecule has 0 spiro atoms. The van der Waals surface area contributed by atoms with E-state index in [-0.39, 0.29) is 24.0 Å². The third kappa shape index (κ3) is 3.41. The Labute approximate surface area is 150 Å². The third-order valence-electron chi connectivity index (χ3n) is 4.22. The molecule has 0 unspecified atom stereocenters. The highest BCUT2D eigenvalue weighted by Gasteiger charge is 2.22. The van der Waals surface area contributed by atoms with Gasteiger partial charge in [-0.1, -0.05) is 24.3 Å². The summed E-state index contributed by atoms with van der Waals surface area (Å²) in [6.07, 6.45) is 0. The maximum absolute atomic E-state index is 13.9. The number of halogens is 1. The van der Waals surface area contributed by atoms with Crippen LogP contribution in [0.3, 0.4) is 0 Å². The number of methoxy groups -OCH3 is 2. The van der Waals surface area contributed by atoms with Crippen LogP contribution in [0, 0.1) is 5.82 Å². The molecule has 0 saturated carbocycles. The van der Waals surface area contributed by atoms with E-state index in [1.807, 2.05) is 18.2 Å². The molecule has 0 aliphatic rings. The highest BCUT2D eigenvalue weighted by molar-refractivity contribution is 5.99. The molecule has 0 aliphatic carbocycles. The Morgan fingerprint density at radius 1 is 1.23 bits per heavy atom.